The molecule has 2 N–H and O–H groups in total. The van der Waals surface area contributed by atoms with Gasteiger partial charge in [-0.1, -0.05) is 55.8 Å². The Kier molecular flexibility index (Phi) is 6.30. The highest BCUT2D eigenvalue weighted by molar-refractivity contribution is 6.24. The molecular weight excluding hydrogens is 492 g/mol. The number of nitrogens with zero attached hydrogens (tertiary/aromatic N) is 2. The molecule has 1 saturated heterocycles. The SMILES string of the molecule is CCCCNC(=O)c1ccccc1N1C(=O)[C@@H]2Cc3c([nH]c4ccccc34)C(c3ccc(OC)cc3)N2C1=O. The van der Waals surface area contributed by atoms with Crippen molar-refractivity contribution >= 4 is 34.4 Å². The molecule has 198 valence electrons. The Labute approximate surface area is 226 Å². The molecule has 6 rings (SSSR count). The molecule has 0 radical (unpaired) electrons. The van der Waals surface area contributed by atoms with E-state index in [1.165, 1.54) is 4.90 Å². The minimum atomic E-state index is -0.701. The minimum Gasteiger partial charge on any atom is -0.497 e. The molecule has 4 amide bonds. The molecule has 1 unspecified atom stereocenters. The summed E-state index contributed by atoms with van der Waals surface area (Å²) in [5, 5.41) is 3.95. The monoisotopic (exact) mass is 522 g/mol. The van der Waals surface area contributed by atoms with E-state index in [0.29, 0.717) is 30.0 Å². The second kappa shape index (κ2) is 9.94. The number of H-pyrrole nitrogens is 1. The standard InChI is InChI=1S/C31H30N4O4/c1-3-4-17-32-29(36)22-10-6-8-12-25(22)35-30(37)26-18-23-21-9-5-7-11-24(21)33-27(23)28(34(26)31(35)38)19-13-15-20(39-2)16-14-19/h5-16,26,28,33H,3-4,17-18H2,1-2H3,(H,32,36)/t26-,28?/m0/s1. The van der Waals surface area contributed by atoms with Gasteiger partial charge in [0.25, 0.3) is 11.8 Å². The Bertz CT molecular complexity index is 1580. The van der Waals surface area contributed by atoms with Gasteiger partial charge in [0, 0.05) is 29.6 Å². The minimum absolute atomic E-state index is 0.299. The summed E-state index contributed by atoms with van der Waals surface area (Å²) in [6.45, 7) is 2.58. The summed E-state index contributed by atoms with van der Waals surface area (Å²) in [5.41, 5.74) is 4.36. The Hall–Kier alpha value is -4.59. The molecular formula is C31H30N4O4. The van der Waals surface area contributed by atoms with Crippen LogP contribution in [0, 0.1) is 0 Å². The largest absolute Gasteiger partial charge is 0.497 e. The smallest absolute Gasteiger partial charge is 0.332 e. The van der Waals surface area contributed by atoms with Crippen LogP contribution in [0.5, 0.6) is 5.75 Å². The molecule has 39 heavy (non-hydrogen) atoms. The molecule has 8 heteroatoms. The first-order valence-corrected chi connectivity index (χ1v) is 13.3. The average molecular weight is 523 g/mol. The normalized spacial score (nSPS) is 18.3. The quantitative estimate of drug-likeness (QED) is 0.258. The van der Waals surface area contributed by atoms with Crippen molar-refractivity contribution in [1.29, 1.82) is 0 Å². The Balaban J connectivity index is 1.45. The van der Waals surface area contributed by atoms with Crippen LogP contribution in [-0.4, -0.2) is 47.4 Å². The average Bonchev–Trinajstić information content (AvgIpc) is 3.46. The second-order valence-corrected chi connectivity index (χ2v) is 9.95. The van der Waals surface area contributed by atoms with E-state index in [2.05, 4.69) is 17.2 Å². The number of amides is 4. The van der Waals surface area contributed by atoms with Crippen LogP contribution in [0.15, 0.2) is 72.8 Å². The van der Waals surface area contributed by atoms with Crippen LogP contribution < -0.4 is 15.0 Å². The summed E-state index contributed by atoms with van der Waals surface area (Å²) in [4.78, 5) is 47.7. The molecule has 0 spiro atoms. The van der Waals surface area contributed by atoms with Gasteiger partial charge in [0.2, 0.25) is 0 Å². The van der Waals surface area contributed by atoms with Crippen molar-refractivity contribution in [1.82, 2.24) is 15.2 Å². The Morgan fingerprint density at radius 1 is 1.03 bits per heavy atom. The number of fused-ring (bicyclic) bond motifs is 4. The summed E-state index contributed by atoms with van der Waals surface area (Å²) in [7, 11) is 1.61. The fourth-order valence-corrected chi connectivity index (χ4v) is 5.76. The van der Waals surface area contributed by atoms with E-state index in [4.69, 9.17) is 4.74 Å². The molecule has 3 aromatic carbocycles. The first-order valence-electron chi connectivity index (χ1n) is 13.3. The number of aromatic amines is 1. The molecule has 2 aliphatic heterocycles. The molecule has 4 aromatic rings. The molecule has 2 aliphatic rings. The summed E-state index contributed by atoms with van der Waals surface area (Å²) >= 11 is 0. The maximum absolute atomic E-state index is 14.2. The zero-order chi connectivity index (χ0) is 27.1. The van der Waals surface area contributed by atoms with E-state index < -0.39 is 18.1 Å². The highest BCUT2D eigenvalue weighted by Crippen LogP contribution is 2.45. The number of ether oxygens (including phenoxy) is 1. The first-order chi connectivity index (χ1) is 19.0. The lowest BCUT2D eigenvalue weighted by Gasteiger charge is -2.36. The summed E-state index contributed by atoms with van der Waals surface area (Å²) < 4.78 is 5.36. The third kappa shape index (κ3) is 4.03. The third-order valence-corrected chi connectivity index (χ3v) is 7.69. The number of aromatic nitrogens is 1. The van der Waals surface area contributed by atoms with Crippen LogP contribution in [0.1, 0.15) is 53.0 Å². The number of anilines is 1. The number of unbranched alkanes of at least 4 members (excludes halogenated alkanes) is 1. The number of hydrogen-bond acceptors (Lipinski definition) is 4. The Morgan fingerprint density at radius 2 is 1.77 bits per heavy atom. The van der Waals surface area contributed by atoms with E-state index in [9.17, 15) is 14.4 Å². The topological polar surface area (TPSA) is 94.7 Å². The van der Waals surface area contributed by atoms with Gasteiger partial charge in [-0.2, -0.15) is 0 Å². The van der Waals surface area contributed by atoms with Gasteiger partial charge in [-0.3, -0.25) is 14.5 Å². The summed E-state index contributed by atoms with van der Waals surface area (Å²) in [6, 6.07) is 20.7. The number of methoxy groups -OCH3 is 1. The number of nitrogens with one attached hydrogen (secondary N) is 2. The van der Waals surface area contributed by atoms with Crippen LogP contribution in [0.3, 0.4) is 0 Å². The predicted molar refractivity (Wildman–Crippen MR) is 149 cm³/mol. The van der Waals surface area contributed by atoms with E-state index >= 15 is 0 Å². The van der Waals surface area contributed by atoms with Crippen molar-refractivity contribution in [3.05, 3.63) is 95.2 Å². The molecule has 3 heterocycles. The zero-order valence-electron chi connectivity index (χ0n) is 21.9. The highest BCUT2D eigenvalue weighted by Gasteiger charge is 2.53. The molecule has 2 atom stereocenters. The van der Waals surface area contributed by atoms with Crippen LogP contribution >= 0.6 is 0 Å². The van der Waals surface area contributed by atoms with Crippen molar-refractivity contribution in [2.24, 2.45) is 0 Å². The molecule has 0 aliphatic carbocycles. The maximum atomic E-state index is 14.2. The van der Waals surface area contributed by atoms with Crippen LogP contribution in [0.4, 0.5) is 10.5 Å². The lowest BCUT2D eigenvalue weighted by atomic mass is 9.89. The van der Waals surface area contributed by atoms with Crippen LogP contribution in [0.2, 0.25) is 0 Å². The number of benzene rings is 3. The zero-order valence-corrected chi connectivity index (χ0v) is 21.9. The van der Waals surface area contributed by atoms with Gasteiger partial charge >= 0.3 is 6.03 Å². The van der Waals surface area contributed by atoms with Crippen molar-refractivity contribution in [3.8, 4) is 5.75 Å². The number of carbonyl (C=O) groups is 3. The third-order valence-electron chi connectivity index (χ3n) is 7.69. The van der Waals surface area contributed by atoms with E-state index in [-0.39, 0.29) is 11.8 Å². The van der Waals surface area contributed by atoms with Gasteiger partial charge in [0.05, 0.1) is 18.4 Å². The maximum Gasteiger partial charge on any atom is 0.332 e. The number of hydrogen-bond donors (Lipinski definition) is 2. The van der Waals surface area contributed by atoms with Crippen molar-refractivity contribution in [3.63, 3.8) is 0 Å². The van der Waals surface area contributed by atoms with Crippen molar-refractivity contribution in [2.75, 3.05) is 18.6 Å². The number of carbonyl (C=O) groups excluding carboxylic acids is 3. The number of imide groups is 1. The Morgan fingerprint density at radius 3 is 2.54 bits per heavy atom. The fourth-order valence-electron chi connectivity index (χ4n) is 5.76. The van der Waals surface area contributed by atoms with Gasteiger partial charge in [0.1, 0.15) is 17.8 Å². The molecule has 8 nitrogen and oxygen atoms in total. The number of urea groups is 1. The number of rotatable bonds is 7. The van der Waals surface area contributed by atoms with Crippen molar-refractivity contribution in [2.45, 2.75) is 38.3 Å². The van der Waals surface area contributed by atoms with E-state index in [1.54, 1.807) is 36.3 Å². The highest BCUT2D eigenvalue weighted by atomic mass is 16.5. The van der Waals surface area contributed by atoms with Gasteiger partial charge in [0.15, 0.2) is 0 Å². The lowest BCUT2D eigenvalue weighted by Crippen LogP contribution is -2.44. The number of para-hydroxylation sites is 2. The van der Waals surface area contributed by atoms with Gasteiger partial charge in [-0.15, -0.1) is 0 Å². The van der Waals surface area contributed by atoms with Gasteiger partial charge < -0.3 is 15.0 Å². The predicted octanol–water partition coefficient (Wildman–Crippen LogP) is 5.19. The van der Waals surface area contributed by atoms with Gasteiger partial charge in [-0.05, 0) is 47.9 Å². The van der Waals surface area contributed by atoms with Crippen molar-refractivity contribution < 1.29 is 19.1 Å². The van der Waals surface area contributed by atoms with E-state index in [1.807, 2.05) is 48.5 Å². The second-order valence-electron chi connectivity index (χ2n) is 9.95. The fraction of sp³-hybridized carbons (Fsp3) is 0.258. The molecule has 1 fully saturated rings. The van der Waals surface area contributed by atoms with Crippen LogP contribution in [0.25, 0.3) is 10.9 Å². The summed E-state index contributed by atoms with van der Waals surface area (Å²) in [5.74, 6) is 0.0761. The summed E-state index contributed by atoms with van der Waals surface area (Å²) in [6.07, 6.45) is 2.18. The molecule has 0 saturated carbocycles. The lowest BCUT2D eigenvalue weighted by molar-refractivity contribution is -0.120. The van der Waals surface area contributed by atoms with E-state index in [0.717, 1.165) is 40.6 Å². The molecule has 0 bridgehead atoms. The molecule has 1 aromatic heterocycles. The van der Waals surface area contributed by atoms with Crippen LogP contribution in [-0.2, 0) is 11.2 Å². The first kappa shape index (κ1) is 24.7. The van der Waals surface area contributed by atoms with Gasteiger partial charge in [-0.25, -0.2) is 9.69 Å².